The van der Waals surface area contributed by atoms with Gasteiger partial charge in [0, 0.05) is 30.9 Å². The fourth-order valence-corrected chi connectivity index (χ4v) is 4.31. The van der Waals surface area contributed by atoms with Crippen LogP contribution in [0.1, 0.15) is 15.9 Å². The number of carbonyl (C=O) groups excluding carboxylic acids is 1. The number of hydrogen-bond acceptors (Lipinski definition) is 5. The summed E-state index contributed by atoms with van der Waals surface area (Å²) < 4.78 is 32.9. The number of rotatable bonds is 4. The van der Waals surface area contributed by atoms with Crippen molar-refractivity contribution in [2.45, 2.75) is 11.8 Å². The zero-order chi connectivity index (χ0) is 18.7. The fraction of sp³-hybridized carbons (Fsp3) is 0.294. The number of morpholine rings is 1. The predicted octanol–water partition coefficient (Wildman–Crippen LogP) is 0.902. The zero-order valence-corrected chi connectivity index (χ0v) is 15.0. The van der Waals surface area contributed by atoms with Crippen LogP contribution in [0, 0.1) is 12.1 Å². The van der Waals surface area contributed by atoms with Crippen molar-refractivity contribution in [2.24, 2.45) is 0 Å². The quantitative estimate of drug-likeness (QED) is 0.630. The summed E-state index contributed by atoms with van der Waals surface area (Å²) in [6, 6.07) is 7.53. The van der Waals surface area contributed by atoms with Crippen LogP contribution in [-0.4, -0.2) is 44.9 Å². The van der Waals surface area contributed by atoms with Crippen LogP contribution in [0.25, 0.3) is 0 Å². The van der Waals surface area contributed by atoms with E-state index in [1.807, 2.05) is 0 Å². The lowest BCUT2D eigenvalue weighted by molar-refractivity contribution is -0.605. The highest BCUT2D eigenvalue weighted by atomic mass is 32.2. The number of benzene rings is 1. The normalized spacial score (nSPS) is 15.6. The SMILES string of the molecule is Cc1ccc(NC(=O)c2cc[n+]([O-])cc2)cc1S(=O)(=O)N1CCOCC1. The lowest BCUT2D eigenvalue weighted by Gasteiger charge is -2.26. The Labute approximate surface area is 151 Å². The second kappa shape index (κ2) is 7.40. The number of ether oxygens (including phenoxy) is 1. The molecule has 1 aromatic carbocycles. The van der Waals surface area contributed by atoms with Gasteiger partial charge in [-0.25, -0.2) is 8.42 Å². The van der Waals surface area contributed by atoms with Crippen LogP contribution in [0.5, 0.6) is 0 Å². The molecule has 26 heavy (non-hydrogen) atoms. The van der Waals surface area contributed by atoms with E-state index < -0.39 is 15.9 Å². The summed E-state index contributed by atoms with van der Waals surface area (Å²) in [5, 5.41) is 13.7. The van der Waals surface area contributed by atoms with Crippen LogP contribution in [0.2, 0.25) is 0 Å². The number of amides is 1. The van der Waals surface area contributed by atoms with Crippen molar-refractivity contribution < 1.29 is 22.7 Å². The lowest BCUT2D eigenvalue weighted by Crippen LogP contribution is -2.40. The van der Waals surface area contributed by atoms with Crippen LogP contribution >= 0.6 is 0 Å². The van der Waals surface area contributed by atoms with Crippen LogP contribution in [0.4, 0.5) is 5.69 Å². The molecule has 3 rings (SSSR count). The molecule has 1 saturated heterocycles. The van der Waals surface area contributed by atoms with E-state index in [2.05, 4.69) is 5.32 Å². The van der Waals surface area contributed by atoms with Gasteiger partial charge in [0.25, 0.3) is 5.91 Å². The Balaban J connectivity index is 1.85. The first kappa shape index (κ1) is 18.3. The van der Waals surface area contributed by atoms with Crippen LogP contribution in [0.15, 0.2) is 47.6 Å². The number of sulfonamides is 1. The van der Waals surface area contributed by atoms with Crippen molar-refractivity contribution in [1.82, 2.24) is 4.31 Å². The smallest absolute Gasteiger partial charge is 0.256 e. The summed E-state index contributed by atoms with van der Waals surface area (Å²) in [5.41, 5.74) is 1.27. The molecule has 0 unspecified atom stereocenters. The van der Waals surface area contributed by atoms with Crippen molar-refractivity contribution in [2.75, 3.05) is 31.6 Å². The van der Waals surface area contributed by atoms with E-state index in [1.54, 1.807) is 19.1 Å². The largest absolute Gasteiger partial charge is 0.619 e. The monoisotopic (exact) mass is 377 g/mol. The van der Waals surface area contributed by atoms with Gasteiger partial charge >= 0.3 is 0 Å². The minimum Gasteiger partial charge on any atom is -0.619 e. The minimum absolute atomic E-state index is 0.155. The fourth-order valence-electron chi connectivity index (χ4n) is 2.65. The molecule has 1 aliphatic rings. The Morgan fingerprint density at radius 3 is 2.50 bits per heavy atom. The van der Waals surface area contributed by atoms with Gasteiger partial charge in [0.1, 0.15) is 0 Å². The third-order valence-corrected chi connectivity index (χ3v) is 6.14. The van der Waals surface area contributed by atoms with Gasteiger partial charge in [0.05, 0.1) is 23.7 Å². The molecule has 1 amide bonds. The number of hydrogen-bond donors (Lipinski definition) is 1. The molecule has 2 aromatic rings. The van der Waals surface area contributed by atoms with E-state index in [1.165, 1.54) is 34.9 Å². The van der Waals surface area contributed by atoms with Crippen LogP contribution < -0.4 is 10.0 Å². The highest BCUT2D eigenvalue weighted by molar-refractivity contribution is 7.89. The molecule has 8 nitrogen and oxygen atoms in total. The number of aromatic nitrogens is 1. The van der Waals surface area contributed by atoms with E-state index >= 15 is 0 Å². The Bertz CT molecular complexity index is 906. The summed E-state index contributed by atoms with van der Waals surface area (Å²) in [6.45, 7) is 3.04. The first-order chi connectivity index (χ1) is 12.4. The molecule has 0 atom stereocenters. The summed E-state index contributed by atoms with van der Waals surface area (Å²) in [7, 11) is -3.66. The Kier molecular flexibility index (Phi) is 5.21. The van der Waals surface area contributed by atoms with Gasteiger partial charge in [0.2, 0.25) is 10.0 Å². The van der Waals surface area contributed by atoms with Crippen molar-refractivity contribution >= 4 is 21.6 Å². The topological polar surface area (TPSA) is 103 Å². The third-order valence-electron chi connectivity index (χ3n) is 4.10. The Hall–Kier alpha value is -2.49. The number of anilines is 1. The molecule has 0 aliphatic carbocycles. The number of nitrogens with zero attached hydrogens (tertiary/aromatic N) is 2. The standard InChI is InChI=1S/C17H19N3O5S/c1-13-2-3-15(18-17(21)14-4-6-19(22)7-5-14)12-16(13)26(23,24)20-8-10-25-11-9-20/h2-7,12H,8-11H2,1H3,(H,18,21). The van der Waals surface area contributed by atoms with Crippen LogP contribution in [0.3, 0.4) is 0 Å². The van der Waals surface area contributed by atoms with E-state index in [0.717, 1.165) is 0 Å². The number of nitrogens with one attached hydrogen (secondary N) is 1. The van der Waals surface area contributed by atoms with Gasteiger partial charge in [0.15, 0.2) is 12.4 Å². The second-order valence-corrected chi connectivity index (χ2v) is 7.80. The van der Waals surface area contributed by atoms with Crippen molar-refractivity contribution in [3.63, 3.8) is 0 Å². The maximum atomic E-state index is 12.9. The molecule has 0 saturated carbocycles. The minimum atomic E-state index is -3.66. The molecular formula is C17H19N3O5S. The molecule has 1 N–H and O–H groups in total. The molecule has 1 aromatic heterocycles. The van der Waals surface area contributed by atoms with Gasteiger partial charge in [-0.3, -0.25) is 4.79 Å². The highest BCUT2D eigenvalue weighted by Gasteiger charge is 2.28. The molecule has 1 aliphatic heterocycles. The summed E-state index contributed by atoms with van der Waals surface area (Å²) in [5.74, 6) is -0.427. The molecule has 0 radical (unpaired) electrons. The molecule has 138 valence electrons. The van der Waals surface area contributed by atoms with Crippen molar-refractivity contribution in [3.8, 4) is 0 Å². The number of carbonyl (C=O) groups is 1. The summed E-state index contributed by atoms with van der Waals surface area (Å²) in [6.07, 6.45) is 2.44. The van der Waals surface area contributed by atoms with Crippen molar-refractivity contribution in [1.29, 1.82) is 0 Å². The van der Waals surface area contributed by atoms with Gasteiger partial charge in [-0.2, -0.15) is 9.04 Å². The molecule has 1 fully saturated rings. The Morgan fingerprint density at radius 2 is 1.85 bits per heavy atom. The zero-order valence-electron chi connectivity index (χ0n) is 14.2. The Morgan fingerprint density at radius 1 is 1.19 bits per heavy atom. The third kappa shape index (κ3) is 3.85. The van der Waals surface area contributed by atoms with Gasteiger partial charge in [-0.15, -0.1) is 0 Å². The highest BCUT2D eigenvalue weighted by Crippen LogP contribution is 2.24. The van der Waals surface area contributed by atoms with E-state index in [0.29, 0.717) is 47.8 Å². The molecule has 0 bridgehead atoms. The summed E-state index contributed by atoms with van der Waals surface area (Å²) >= 11 is 0. The second-order valence-electron chi connectivity index (χ2n) is 5.90. The number of pyridine rings is 1. The molecular weight excluding hydrogens is 358 g/mol. The lowest BCUT2D eigenvalue weighted by atomic mass is 10.2. The van der Waals surface area contributed by atoms with E-state index in [4.69, 9.17) is 4.74 Å². The predicted molar refractivity (Wildman–Crippen MR) is 94.1 cm³/mol. The maximum Gasteiger partial charge on any atom is 0.256 e. The number of aryl methyl sites for hydroxylation is 1. The van der Waals surface area contributed by atoms with E-state index in [9.17, 15) is 18.4 Å². The van der Waals surface area contributed by atoms with Crippen LogP contribution in [-0.2, 0) is 14.8 Å². The first-order valence-corrected chi connectivity index (χ1v) is 9.51. The summed E-state index contributed by atoms with van der Waals surface area (Å²) in [4.78, 5) is 12.4. The first-order valence-electron chi connectivity index (χ1n) is 8.06. The van der Waals surface area contributed by atoms with E-state index in [-0.39, 0.29) is 4.90 Å². The van der Waals surface area contributed by atoms with Crippen molar-refractivity contribution in [3.05, 3.63) is 59.1 Å². The van der Waals surface area contributed by atoms with Gasteiger partial charge < -0.3 is 15.3 Å². The average Bonchev–Trinajstić information content (AvgIpc) is 2.64. The molecule has 0 spiro atoms. The average molecular weight is 377 g/mol. The maximum absolute atomic E-state index is 12.9. The van der Waals surface area contributed by atoms with Gasteiger partial charge in [-0.1, -0.05) is 6.07 Å². The molecule has 2 heterocycles. The van der Waals surface area contributed by atoms with Gasteiger partial charge in [-0.05, 0) is 24.6 Å². The molecule has 9 heteroatoms.